The maximum absolute atomic E-state index is 12.3. The Morgan fingerprint density at radius 3 is 2.93 bits per heavy atom. The molecular formula is C18H13N5O2S2. The Morgan fingerprint density at radius 2 is 2.04 bits per heavy atom. The predicted molar refractivity (Wildman–Crippen MR) is 105 cm³/mol. The molecule has 0 unspecified atom stereocenters. The Hall–Kier alpha value is -2.91. The quantitative estimate of drug-likeness (QED) is 0.440. The number of fused-ring (bicyclic) bond motifs is 3. The number of nitrogens with zero attached hydrogens (tertiary/aromatic N) is 3. The summed E-state index contributed by atoms with van der Waals surface area (Å²) in [6, 6.07) is 11.6. The maximum atomic E-state index is 12.3. The summed E-state index contributed by atoms with van der Waals surface area (Å²) in [5.74, 6) is 1.84. The van der Waals surface area contributed by atoms with Crippen LogP contribution in [0.1, 0.15) is 16.5 Å². The molecule has 1 aromatic carbocycles. The number of hydrogen-bond acceptors (Lipinski definition) is 7. The van der Waals surface area contributed by atoms with Crippen molar-refractivity contribution in [2.75, 3.05) is 0 Å². The van der Waals surface area contributed by atoms with Gasteiger partial charge in [0.05, 0.1) is 5.75 Å². The number of benzene rings is 1. The molecule has 0 amide bonds. The van der Waals surface area contributed by atoms with Gasteiger partial charge in [-0.2, -0.15) is 0 Å². The van der Waals surface area contributed by atoms with E-state index >= 15 is 0 Å². The van der Waals surface area contributed by atoms with Crippen molar-refractivity contribution >= 4 is 45.2 Å². The van der Waals surface area contributed by atoms with E-state index in [2.05, 4.69) is 31.2 Å². The minimum absolute atomic E-state index is 0.251. The van der Waals surface area contributed by atoms with Gasteiger partial charge in [-0.15, -0.1) is 16.4 Å². The SMILES string of the molecule is O=c1[nH]c(CSc2n[nH]c(Cc3cccs3)n2)nc2c1oc1ccccc12. The molecule has 27 heavy (non-hydrogen) atoms. The van der Waals surface area contributed by atoms with Gasteiger partial charge in [-0.3, -0.25) is 9.89 Å². The fourth-order valence-corrected chi connectivity index (χ4v) is 4.24. The minimum atomic E-state index is -0.278. The number of para-hydroxylation sites is 1. The third kappa shape index (κ3) is 3.15. The van der Waals surface area contributed by atoms with Crippen molar-refractivity contribution in [3.8, 4) is 0 Å². The van der Waals surface area contributed by atoms with Crippen LogP contribution >= 0.6 is 23.1 Å². The molecule has 0 fully saturated rings. The number of aromatic amines is 2. The highest BCUT2D eigenvalue weighted by Crippen LogP contribution is 2.25. The molecule has 0 radical (unpaired) electrons. The lowest BCUT2D eigenvalue weighted by Gasteiger charge is -1.98. The number of furan rings is 1. The van der Waals surface area contributed by atoms with E-state index in [4.69, 9.17) is 4.42 Å². The molecule has 9 heteroatoms. The number of thiophene rings is 1. The molecule has 0 atom stereocenters. The van der Waals surface area contributed by atoms with E-state index in [1.54, 1.807) is 11.3 Å². The average Bonchev–Trinajstić information content (AvgIpc) is 3.41. The molecule has 134 valence electrons. The lowest BCUT2D eigenvalue weighted by molar-refractivity contribution is 0.660. The van der Waals surface area contributed by atoms with Gasteiger partial charge in [0.2, 0.25) is 10.7 Å². The van der Waals surface area contributed by atoms with E-state index in [0.717, 1.165) is 17.6 Å². The van der Waals surface area contributed by atoms with Gasteiger partial charge >= 0.3 is 0 Å². The van der Waals surface area contributed by atoms with E-state index in [1.807, 2.05) is 35.7 Å². The van der Waals surface area contributed by atoms with Gasteiger partial charge in [-0.05, 0) is 23.6 Å². The van der Waals surface area contributed by atoms with Crippen molar-refractivity contribution in [3.05, 3.63) is 68.7 Å². The van der Waals surface area contributed by atoms with Crippen LogP contribution in [0.25, 0.3) is 22.1 Å². The van der Waals surface area contributed by atoms with Gasteiger partial charge in [0.25, 0.3) is 5.56 Å². The molecule has 0 saturated heterocycles. The molecule has 4 aromatic heterocycles. The number of rotatable bonds is 5. The topological polar surface area (TPSA) is 100 Å². The van der Waals surface area contributed by atoms with Crippen molar-refractivity contribution in [2.24, 2.45) is 0 Å². The average molecular weight is 395 g/mol. The Balaban J connectivity index is 1.38. The Labute approximate surface area is 160 Å². The number of thioether (sulfide) groups is 1. The number of aromatic nitrogens is 5. The highest BCUT2D eigenvalue weighted by atomic mass is 32.2. The molecule has 7 nitrogen and oxygen atoms in total. The Bertz CT molecular complexity index is 1290. The van der Waals surface area contributed by atoms with Gasteiger partial charge < -0.3 is 9.40 Å². The summed E-state index contributed by atoms with van der Waals surface area (Å²) in [6.45, 7) is 0. The van der Waals surface area contributed by atoms with Gasteiger partial charge in [-0.1, -0.05) is 30.0 Å². The second kappa shape index (κ2) is 6.67. The molecule has 0 aliphatic heterocycles. The molecule has 0 spiro atoms. The van der Waals surface area contributed by atoms with Crippen molar-refractivity contribution < 1.29 is 4.42 Å². The summed E-state index contributed by atoms with van der Waals surface area (Å²) in [7, 11) is 0. The van der Waals surface area contributed by atoms with Gasteiger partial charge in [-0.25, -0.2) is 9.97 Å². The summed E-state index contributed by atoms with van der Waals surface area (Å²) >= 11 is 3.11. The summed E-state index contributed by atoms with van der Waals surface area (Å²) in [5.41, 5.74) is 1.21. The van der Waals surface area contributed by atoms with Gasteiger partial charge in [0, 0.05) is 16.7 Å². The first kappa shape index (κ1) is 16.3. The zero-order valence-corrected chi connectivity index (χ0v) is 15.6. The van der Waals surface area contributed by atoms with Gasteiger partial charge in [0.15, 0.2) is 0 Å². The van der Waals surface area contributed by atoms with Crippen LogP contribution in [0.2, 0.25) is 0 Å². The zero-order valence-electron chi connectivity index (χ0n) is 13.9. The van der Waals surface area contributed by atoms with E-state index in [9.17, 15) is 4.79 Å². The monoisotopic (exact) mass is 395 g/mol. The fraction of sp³-hybridized carbons (Fsp3) is 0.111. The summed E-state index contributed by atoms with van der Waals surface area (Å²) < 4.78 is 5.61. The fourth-order valence-electron chi connectivity index (χ4n) is 2.85. The van der Waals surface area contributed by atoms with E-state index < -0.39 is 0 Å². The van der Waals surface area contributed by atoms with Crippen LogP contribution in [0.4, 0.5) is 0 Å². The number of nitrogens with one attached hydrogen (secondary N) is 2. The van der Waals surface area contributed by atoms with Crippen LogP contribution in [-0.4, -0.2) is 25.1 Å². The van der Waals surface area contributed by atoms with Crippen LogP contribution in [0.5, 0.6) is 0 Å². The van der Waals surface area contributed by atoms with Crippen LogP contribution in [0.3, 0.4) is 0 Å². The van der Waals surface area contributed by atoms with Crippen molar-refractivity contribution in [2.45, 2.75) is 17.3 Å². The Morgan fingerprint density at radius 1 is 1.11 bits per heavy atom. The van der Waals surface area contributed by atoms with E-state index in [0.29, 0.717) is 27.8 Å². The van der Waals surface area contributed by atoms with Crippen LogP contribution in [0.15, 0.2) is 56.1 Å². The molecule has 5 aromatic rings. The van der Waals surface area contributed by atoms with Crippen LogP contribution < -0.4 is 5.56 Å². The second-order valence-corrected chi connectivity index (χ2v) is 7.87. The normalized spacial score (nSPS) is 11.6. The van der Waals surface area contributed by atoms with Crippen molar-refractivity contribution in [1.82, 2.24) is 25.1 Å². The first-order valence-electron chi connectivity index (χ1n) is 8.23. The third-order valence-corrected chi connectivity index (χ3v) is 5.79. The summed E-state index contributed by atoms with van der Waals surface area (Å²) in [5, 5.41) is 10.7. The zero-order chi connectivity index (χ0) is 18.2. The largest absolute Gasteiger partial charge is 0.449 e. The first-order chi connectivity index (χ1) is 13.3. The molecule has 4 heterocycles. The van der Waals surface area contributed by atoms with Gasteiger partial charge in [0.1, 0.15) is 22.7 Å². The lowest BCUT2D eigenvalue weighted by atomic mass is 10.2. The van der Waals surface area contributed by atoms with Crippen molar-refractivity contribution in [3.63, 3.8) is 0 Å². The molecule has 0 saturated carbocycles. The molecule has 0 aliphatic rings. The van der Waals surface area contributed by atoms with Crippen LogP contribution in [0, 0.1) is 0 Å². The van der Waals surface area contributed by atoms with E-state index in [1.165, 1.54) is 16.6 Å². The molecule has 5 rings (SSSR count). The summed E-state index contributed by atoms with van der Waals surface area (Å²) in [4.78, 5) is 25.4. The minimum Gasteiger partial charge on any atom is -0.449 e. The maximum Gasteiger partial charge on any atom is 0.294 e. The smallest absolute Gasteiger partial charge is 0.294 e. The molecule has 2 N–H and O–H groups in total. The number of H-pyrrole nitrogens is 2. The van der Waals surface area contributed by atoms with Crippen molar-refractivity contribution in [1.29, 1.82) is 0 Å². The standard InChI is InChI=1S/C18H13N5O2S2/c24-17-16-15(11-5-1-2-6-12(11)25-16)19-14(20-17)9-27-18-21-13(22-23-18)8-10-4-3-7-26-10/h1-7H,8-9H2,(H,19,20,24)(H,21,22,23). The number of hydrogen-bond donors (Lipinski definition) is 2. The van der Waals surface area contributed by atoms with E-state index in [-0.39, 0.29) is 11.1 Å². The highest BCUT2D eigenvalue weighted by molar-refractivity contribution is 7.98. The summed E-state index contributed by atoms with van der Waals surface area (Å²) in [6.07, 6.45) is 0.729. The molecule has 0 bridgehead atoms. The highest BCUT2D eigenvalue weighted by Gasteiger charge is 2.13. The lowest BCUT2D eigenvalue weighted by Crippen LogP contribution is -2.10. The molecule has 0 aliphatic carbocycles. The molecular weight excluding hydrogens is 382 g/mol. The Kier molecular flexibility index (Phi) is 4.02. The second-order valence-electron chi connectivity index (χ2n) is 5.90. The third-order valence-electron chi connectivity index (χ3n) is 4.05. The van der Waals surface area contributed by atoms with Crippen LogP contribution in [-0.2, 0) is 12.2 Å². The predicted octanol–water partition coefficient (Wildman–Crippen LogP) is 3.73. The first-order valence-corrected chi connectivity index (χ1v) is 10.1.